The third kappa shape index (κ3) is 4.79. The molecule has 2 aliphatic rings. The predicted molar refractivity (Wildman–Crippen MR) is 121 cm³/mol. The second-order valence-electron chi connectivity index (χ2n) is 7.90. The molecule has 1 fully saturated rings. The monoisotopic (exact) mass is 431 g/mol. The highest BCUT2D eigenvalue weighted by atomic mass is 32.2. The van der Waals surface area contributed by atoms with E-state index in [9.17, 15) is 8.42 Å². The van der Waals surface area contributed by atoms with Crippen LogP contribution in [0, 0.1) is 0 Å². The Kier molecular flexibility index (Phi) is 6.20. The SMILES string of the molecule is CC(c1ccccc1NS(C)(=O)=O)N1CCN(C2CCSc3ccccc32)CC1. The van der Waals surface area contributed by atoms with E-state index in [0.29, 0.717) is 11.7 Å². The van der Waals surface area contributed by atoms with Gasteiger partial charge in [-0.25, -0.2) is 8.42 Å². The summed E-state index contributed by atoms with van der Waals surface area (Å²) in [5.74, 6) is 1.18. The fraction of sp³-hybridized carbons (Fsp3) is 0.455. The highest BCUT2D eigenvalue weighted by molar-refractivity contribution is 7.99. The van der Waals surface area contributed by atoms with Gasteiger partial charge in [0.05, 0.1) is 11.9 Å². The number of fused-ring (bicyclic) bond motifs is 1. The third-order valence-electron chi connectivity index (χ3n) is 5.97. The van der Waals surface area contributed by atoms with Crippen molar-refractivity contribution in [1.29, 1.82) is 0 Å². The molecule has 2 atom stereocenters. The molecule has 0 spiro atoms. The van der Waals surface area contributed by atoms with Crippen molar-refractivity contribution in [3.8, 4) is 0 Å². The molecule has 2 aromatic rings. The molecule has 0 amide bonds. The lowest BCUT2D eigenvalue weighted by molar-refractivity contribution is 0.0708. The van der Waals surface area contributed by atoms with Gasteiger partial charge in [0.1, 0.15) is 0 Å². The van der Waals surface area contributed by atoms with Crippen LogP contribution in [-0.2, 0) is 10.0 Å². The third-order valence-corrected chi connectivity index (χ3v) is 7.68. The van der Waals surface area contributed by atoms with Crippen LogP contribution in [0.1, 0.15) is 36.6 Å². The van der Waals surface area contributed by atoms with Crippen LogP contribution in [-0.4, -0.2) is 56.4 Å². The van der Waals surface area contributed by atoms with Gasteiger partial charge in [0.2, 0.25) is 10.0 Å². The smallest absolute Gasteiger partial charge is 0.229 e. The Morgan fingerprint density at radius 2 is 1.72 bits per heavy atom. The van der Waals surface area contributed by atoms with Gasteiger partial charge < -0.3 is 0 Å². The van der Waals surface area contributed by atoms with E-state index in [1.165, 1.54) is 28.9 Å². The maximum absolute atomic E-state index is 11.7. The second kappa shape index (κ2) is 8.68. The van der Waals surface area contributed by atoms with E-state index in [0.717, 1.165) is 31.7 Å². The topological polar surface area (TPSA) is 52.7 Å². The Labute approximate surface area is 178 Å². The van der Waals surface area contributed by atoms with Crippen molar-refractivity contribution in [3.05, 3.63) is 59.7 Å². The average Bonchev–Trinajstić information content (AvgIpc) is 2.72. The predicted octanol–water partition coefficient (Wildman–Crippen LogP) is 3.97. The highest BCUT2D eigenvalue weighted by Crippen LogP contribution is 2.40. The van der Waals surface area contributed by atoms with Gasteiger partial charge in [-0.15, -0.1) is 11.8 Å². The number of nitrogens with one attached hydrogen (secondary N) is 1. The standard InChI is InChI=1S/C22H29N3O2S2/c1-17(18-7-3-5-9-20(18)23-29(2,26)27)24-12-14-25(15-13-24)21-11-16-28-22-10-6-4-8-19(21)22/h3-10,17,21,23H,11-16H2,1-2H3. The van der Waals surface area contributed by atoms with Crippen LogP contribution in [0.2, 0.25) is 0 Å². The van der Waals surface area contributed by atoms with Gasteiger partial charge in [-0.3, -0.25) is 14.5 Å². The van der Waals surface area contributed by atoms with E-state index < -0.39 is 10.0 Å². The number of piperazine rings is 1. The van der Waals surface area contributed by atoms with Crippen molar-refractivity contribution in [2.75, 3.05) is 42.9 Å². The summed E-state index contributed by atoms with van der Waals surface area (Å²) in [5, 5.41) is 0. The number of anilines is 1. The summed E-state index contributed by atoms with van der Waals surface area (Å²) in [6.45, 7) is 6.22. The number of nitrogens with zero attached hydrogens (tertiary/aromatic N) is 2. The summed E-state index contributed by atoms with van der Waals surface area (Å²) in [6.07, 6.45) is 2.41. The first-order valence-corrected chi connectivity index (χ1v) is 13.1. The Balaban J connectivity index is 1.45. The van der Waals surface area contributed by atoms with Crippen molar-refractivity contribution in [1.82, 2.24) is 9.80 Å². The maximum atomic E-state index is 11.7. The molecule has 5 nitrogen and oxygen atoms in total. The molecule has 7 heteroatoms. The van der Waals surface area contributed by atoms with Gasteiger partial charge in [0.15, 0.2) is 0 Å². The molecule has 2 aromatic carbocycles. The molecule has 4 rings (SSSR count). The zero-order chi connectivity index (χ0) is 20.4. The molecule has 29 heavy (non-hydrogen) atoms. The van der Waals surface area contributed by atoms with Crippen LogP contribution in [0.3, 0.4) is 0 Å². The van der Waals surface area contributed by atoms with Crippen LogP contribution in [0.5, 0.6) is 0 Å². The van der Waals surface area contributed by atoms with Crippen LogP contribution < -0.4 is 4.72 Å². The molecule has 2 unspecified atom stereocenters. The van der Waals surface area contributed by atoms with Gasteiger partial charge in [-0.1, -0.05) is 36.4 Å². The highest BCUT2D eigenvalue weighted by Gasteiger charge is 2.30. The first-order valence-electron chi connectivity index (χ1n) is 10.2. The molecule has 1 N–H and O–H groups in total. The van der Waals surface area contributed by atoms with Gasteiger partial charge in [-0.2, -0.15) is 0 Å². The lowest BCUT2D eigenvalue weighted by Gasteiger charge is -2.43. The number of rotatable bonds is 5. The molecule has 0 aromatic heterocycles. The fourth-order valence-electron chi connectivity index (χ4n) is 4.49. The first kappa shape index (κ1) is 20.7. The normalized spacial score (nSPS) is 22.1. The Hall–Kier alpha value is -1.54. The first-order chi connectivity index (χ1) is 13.9. The quantitative estimate of drug-likeness (QED) is 0.776. The molecule has 0 radical (unpaired) electrons. The largest absolute Gasteiger partial charge is 0.294 e. The number of hydrogen-bond donors (Lipinski definition) is 1. The van der Waals surface area contributed by atoms with Gasteiger partial charge in [-0.05, 0) is 42.4 Å². The van der Waals surface area contributed by atoms with Gasteiger partial charge in [0.25, 0.3) is 0 Å². The second-order valence-corrected chi connectivity index (χ2v) is 10.8. The van der Waals surface area contributed by atoms with E-state index in [1.807, 2.05) is 36.0 Å². The number of hydrogen-bond acceptors (Lipinski definition) is 5. The zero-order valence-corrected chi connectivity index (χ0v) is 18.7. The van der Waals surface area contributed by atoms with E-state index >= 15 is 0 Å². The van der Waals surface area contributed by atoms with E-state index in [1.54, 1.807) is 0 Å². The average molecular weight is 432 g/mol. The molecule has 156 valence electrons. The minimum atomic E-state index is -3.29. The maximum Gasteiger partial charge on any atom is 0.229 e. The molecule has 1 saturated heterocycles. The molecular formula is C22H29N3O2S2. The summed E-state index contributed by atoms with van der Waals surface area (Å²) >= 11 is 1.97. The Bertz CT molecular complexity index is 956. The number of benzene rings is 2. The van der Waals surface area contributed by atoms with Crippen molar-refractivity contribution in [2.45, 2.75) is 30.3 Å². The van der Waals surface area contributed by atoms with E-state index in [4.69, 9.17) is 0 Å². The Morgan fingerprint density at radius 1 is 1.03 bits per heavy atom. The molecule has 0 bridgehead atoms. The van der Waals surface area contributed by atoms with Gasteiger partial charge in [0, 0.05) is 43.2 Å². The van der Waals surface area contributed by atoms with Crippen LogP contribution in [0.25, 0.3) is 0 Å². The molecule has 2 heterocycles. The number of para-hydroxylation sites is 1. The van der Waals surface area contributed by atoms with Crippen LogP contribution >= 0.6 is 11.8 Å². The lowest BCUT2D eigenvalue weighted by Crippen LogP contribution is -2.48. The van der Waals surface area contributed by atoms with Gasteiger partial charge >= 0.3 is 0 Å². The number of sulfonamides is 1. The Morgan fingerprint density at radius 3 is 2.48 bits per heavy atom. The van der Waals surface area contributed by atoms with E-state index in [-0.39, 0.29) is 6.04 Å². The molecule has 0 saturated carbocycles. The van der Waals surface area contributed by atoms with Crippen molar-refractivity contribution in [2.24, 2.45) is 0 Å². The van der Waals surface area contributed by atoms with Crippen molar-refractivity contribution >= 4 is 27.5 Å². The van der Waals surface area contributed by atoms with Crippen molar-refractivity contribution < 1.29 is 8.42 Å². The summed E-state index contributed by atoms with van der Waals surface area (Å²) in [7, 11) is -3.29. The van der Waals surface area contributed by atoms with Crippen molar-refractivity contribution in [3.63, 3.8) is 0 Å². The summed E-state index contributed by atoms with van der Waals surface area (Å²) < 4.78 is 26.1. The summed E-state index contributed by atoms with van der Waals surface area (Å²) in [5.41, 5.74) is 3.20. The minimum absolute atomic E-state index is 0.164. The summed E-state index contributed by atoms with van der Waals surface area (Å²) in [6, 6.07) is 17.2. The zero-order valence-electron chi connectivity index (χ0n) is 17.0. The lowest BCUT2D eigenvalue weighted by atomic mass is 10.00. The fourth-order valence-corrected chi connectivity index (χ4v) is 6.18. The van der Waals surface area contributed by atoms with E-state index in [2.05, 4.69) is 45.7 Å². The summed E-state index contributed by atoms with van der Waals surface area (Å²) in [4.78, 5) is 6.52. The van der Waals surface area contributed by atoms with Crippen LogP contribution in [0.15, 0.2) is 53.4 Å². The number of thioether (sulfide) groups is 1. The minimum Gasteiger partial charge on any atom is -0.294 e. The molecule has 0 aliphatic carbocycles. The molecular weight excluding hydrogens is 402 g/mol. The van der Waals surface area contributed by atoms with Crippen LogP contribution in [0.4, 0.5) is 5.69 Å². The molecule has 2 aliphatic heterocycles.